The minimum atomic E-state index is -0.710. The van der Waals surface area contributed by atoms with E-state index >= 15 is 0 Å². The number of nitrogens with one attached hydrogen (secondary N) is 1. The highest BCUT2D eigenvalue weighted by molar-refractivity contribution is 5.82. The smallest absolute Gasteiger partial charge is 0.230 e. The van der Waals surface area contributed by atoms with Gasteiger partial charge in [0.2, 0.25) is 11.9 Å². The molecule has 2 aliphatic rings. The molecule has 0 aromatic heterocycles. The van der Waals surface area contributed by atoms with E-state index in [0.717, 1.165) is 23.2 Å². The second-order valence-corrected chi connectivity index (χ2v) is 7.75. The van der Waals surface area contributed by atoms with Gasteiger partial charge in [-0.2, -0.15) is 0 Å². The zero-order chi connectivity index (χ0) is 19.5. The number of carbonyl (C=O) groups is 1. The molecule has 28 heavy (non-hydrogen) atoms. The van der Waals surface area contributed by atoms with Crippen molar-refractivity contribution in [2.24, 2.45) is 5.92 Å². The van der Waals surface area contributed by atoms with Gasteiger partial charge in [-0.3, -0.25) is 19.8 Å². The SMILES string of the molecule is O=C(NCc1ccccc1-c1ccc(CN2CCCC2)cc1)C1CC1[N+](=O)[O-]. The van der Waals surface area contributed by atoms with Crippen molar-refractivity contribution in [2.45, 2.75) is 38.4 Å². The summed E-state index contributed by atoms with van der Waals surface area (Å²) >= 11 is 0. The van der Waals surface area contributed by atoms with Crippen molar-refractivity contribution in [3.8, 4) is 11.1 Å². The molecule has 0 radical (unpaired) electrons. The summed E-state index contributed by atoms with van der Waals surface area (Å²) in [5.74, 6) is -0.704. The molecule has 1 saturated heterocycles. The van der Waals surface area contributed by atoms with Gasteiger partial charge in [-0.1, -0.05) is 48.5 Å². The molecule has 146 valence electrons. The molecule has 1 N–H and O–H groups in total. The first kappa shape index (κ1) is 18.6. The van der Waals surface area contributed by atoms with Crippen LogP contribution in [0.15, 0.2) is 48.5 Å². The van der Waals surface area contributed by atoms with Crippen LogP contribution < -0.4 is 5.32 Å². The lowest BCUT2D eigenvalue weighted by Crippen LogP contribution is -2.27. The highest BCUT2D eigenvalue weighted by Gasteiger charge is 2.53. The Morgan fingerprint density at radius 3 is 2.50 bits per heavy atom. The summed E-state index contributed by atoms with van der Waals surface area (Å²) in [5, 5.41) is 13.6. The first-order valence-electron chi connectivity index (χ1n) is 9.92. The van der Waals surface area contributed by atoms with E-state index < -0.39 is 12.0 Å². The van der Waals surface area contributed by atoms with Crippen LogP contribution in [0.25, 0.3) is 11.1 Å². The fourth-order valence-electron chi connectivity index (χ4n) is 3.95. The summed E-state index contributed by atoms with van der Waals surface area (Å²) in [6, 6.07) is 15.9. The third kappa shape index (κ3) is 4.22. The maximum atomic E-state index is 12.1. The van der Waals surface area contributed by atoms with E-state index in [1.807, 2.05) is 24.3 Å². The standard InChI is InChI=1S/C22H25N3O3/c26-22(20-13-21(20)25(27)28)23-14-18-5-1-2-6-19(18)17-9-7-16(8-10-17)15-24-11-3-4-12-24/h1-2,5-10,20-21H,3-4,11-15H2,(H,23,26). The normalized spacial score (nSPS) is 21.4. The number of hydrogen-bond donors (Lipinski definition) is 1. The average molecular weight is 379 g/mol. The number of nitro groups is 1. The molecule has 1 heterocycles. The highest BCUT2D eigenvalue weighted by Crippen LogP contribution is 2.33. The summed E-state index contributed by atoms with van der Waals surface area (Å²) < 4.78 is 0. The van der Waals surface area contributed by atoms with Crippen LogP contribution in [0.3, 0.4) is 0 Å². The molecule has 1 aliphatic heterocycles. The van der Waals surface area contributed by atoms with Crippen LogP contribution in [-0.2, 0) is 17.9 Å². The average Bonchev–Trinajstić information content (AvgIpc) is 3.37. The Labute approximate surface area is 164 Å². The molecule has 0 bridgehead atoms. The van der Waals surface area contributed by atoms with Crippen LogP contribution >= 0.6 is 0 Å². The molecule has 0 spiro atoms. The molecule has 2 atom stereocenters. The van der Waals surface area contributed by atoms with Gasteiger partial charge in [0.25, 0.3) is 0 Å². The zero-order valence-electron chi connectivity index (χ0n) is 15.8. The number of likely N-dealkylation sites (tertiary alicyclic amines) is 1. The van der Waals surface area contributed by atoms with E-state index in [1.54, 1.807) is 0 Å². The zero-order valence-corrected chi connectivity index (χ0v) is 15.8. The van der Waals surface area contributed by atoms with Crippen molar-refractivity contribution in [2.75, 3.05) is 13.1 Å². The lowest BCUT2D eigenvalue weighted by molar-refractivity contribution is -0.497. The van der Waals surface area contributed by atoms with Gasteiger partial charge in [-0.15, -0.1) is 0 Å². The molecule has 2 aromatic carbocycles. The number of rotatable bonds is 7. The molecule has 2 unspecified atom stereocenters. The molecular weight excluding hydrogens is 354 g/mol. The van der Waals surface area contributed by atoms with Crippen LogP contribution in [0, 0.1) is 16.0 Å². The van der Waals surface area contributed by atoms with Crippen LogP contribution in [-0.4, -0.2) is 34.9 Å². The molecule has 6 heteroatoms. The van der Waals surface area contributed by atoms with Crippen LogP contribution in [0.5, 0.6) is 0 Å². The second kappa shape index (κ2) is 8.10. The number of carbonyl (C=O) groups excluding carboxylic acids is 1. The van der Waals surface area contributed by atoms with Gasteiger partial charge in [0, 0.05) is 24.4 Å². The molecule has 1 aliphatic carbocycles. The minimum Gasteiger partial charge on any atom is -0.352 e. The predicted octanol–water partition coefficient (Wildman–Crippen LogP) is 3.23. The van der Waals surface area contributed by atoms with Gasteiger partial charge in [0.15, 0.2) is 0 Å². The fraction of sp³-hybridized carbons (Fsp3) is 0.409. The molecule has 6 nitrogen and oxygen atoms in total. The van der Waals surface area contributed by atoms with Crippen molar-refractivity contribution in [3.05, 3.63) is 69.8 Å². The maximum absolute atomic E-state index is 12.1. The van der Waals surface area contributed by atoms with Gasteiger partial charge in [0.05, 0.1) is 0 Å². The first-order valence-corrected chi connectivity index (χ1v) is 9.92. The number of nitrogens with zero attached hydrogens (tertiary/aromatic N) is 2. The predicted molar refractivity (Wildman–Crippen MR) is 107 cm³/mol. The van der Waals surface area contributed by atoms with Crippen molar-refractivity contribution in [1.29, 1.82) is 0 Å². The van der Waals surface area contributed by atoms with Crippen molar-refractivity contribution < 1.29 is 9.72 Å². The van der Waals surface area contributed by atoms with Crippen LogP contribution in [0.4, 0.5) is 0 Å². The highest BCUT2D eigenvalue weighted by atomic mass is 16.6. The lowest BCUT2D eigenvalue weighted by Gasteiger charge is -2.15. The van der Waals surface area contributed by atoms with E-state index in [1.165, 1.54) is 31.5 Å². The van der Waals surface area contributed by atoms with E-state index in [4.69, 9.17) is 0 Å². The van der Waals surface area contributed by atoms with E-state index in [-0.39, 0.29) is 10.8 Å². The molecular formula is C22H25N3O3. The lowest BCUT2D eigenvalue weighted by atomic mass is 9.98. The third-order valence-electron chi connectivity index (χ3n) is 5.70. The van der Waals surface area contributed by atoms with Gasteiger partial charge in [-0.25, -0.2) is 0 Å². The molecule has 1 saturated carbocycles. The van der Waals surface area contributed by atoms with E-state index in [2.05, 4.69) is 34.5 Å². The Hall–Kier alpha value is -2.73. The summed E-state index contributed by atoms with van der Waals surface area (Å²) in [7, 11) is 0. The minimum absolute atomic E-state index is 0.225. The Bertz CT molecular complexity index is 860. The summed E-state index contributed by atoms with van der Waals surface area (Å²) in [6.45, 7) is 3.74. The topological polar surface area (TPSA) is 75.5 Å². The first-order chi connectivity index (χ1) is 13.6. The van der Waals surface area contributed by atoms with Gasteiger partial charge in [-0.05, 0) is 48.2 Å². The largest absolute Gasteiger partial charge is 0.352 e. The van der Waals surface area contributed by atoms with Gasteiger partial charge in [0.1, 0.15) is 5.92 Å². The number of hydrogen-bond acceptors (Lipinski definition) is 4. The Morgan fingerprint density at radius 2 is 1.82 bits per heavy atom. The fourth-order valence-corrected chi connectivity index (χ4v) is 3.95. The van der Waals surface area contributed by atoms with Gasteiger partial charge < -0.3 is 5.32 Å². The second-order valence-electron chi connectivity index (χ2n) is 7.75. The van der Waals surface area contributed by atoms with Crippen LogP contribution in [0.2, 0.25) is 0 Å². The third-order valence-corrected chi connectivity index (χ3v) is 5.70. The Balaban J connectivity index is 1.41. The van der Waals surface area contributed by atoms with E-state index in [9.17, 15) is 14.9 Å². The van der Waals surface area contributed by atoms with Crippen molar-refractivity contribution in [1.82, 2.24) is 10.2 Å². The van der Waals surface area contributed by atoms with E-state index in [0.29, 0.717) is 13.0 Å². The van der Waals surface area contributed by atoms with Crippen LogP contribution in [0.1, 0.15) is 30.4 Å². The molecule has 1 amide bonds. The monoisotopic (exact) mass is 379 g/mol. The molecule has 4 rings (SSSR count). The summed E-state index contributed by atoms with van der Waals surface area (Å²) in [5.41, 5.74) is 4.53. The quantitative estimate of drug-likeness (QED) is 0.592. The number of benzene rings is 2. The summed E-state index contributed by atoms with van der Waals surface area (Å²) in [6.07, 6.45) is 2.93. The summed E-state index contributed by atoms with van der Waals surface area (Å²) in [4.78, 5) is 25.0. The molecule has 2 aromatic rings. The van der Waals surface area contributed by atoms with Crippen molar-refractivity contribution >= 4 is 5.91 Å². The van der Waals surface area contributed by atoms with Crippen molar-refractivity contribution in [3.63, 3.8) is 0 Å². The maximum Gasteiger partial charge on any atom is 0.230 e. The Morgan fingerprint density at radius 1 is 1.11 bits per heavy atom. The van der Waals surface area contributed by atoms with Gasteiger partial charge >= 0.3 is 0 Å². The Kier molecular flexibility index (Phi) is 5.39. The number of amides is 1. The molecule has 2 fully saturated rings.